The second-order valence-electron chi connectivity index (χ2n) is 3.62. The summed E-state index contributed by atoms with van der Waals surface area (Å²) in [5.74, 6) is 0.865. The van der Waals surface area contributed by atoms with Gasteiger partial charge in [-0.15, -0.1) is 11.8 Å². The fourth-order valence-corrected chi connectivity index (χ4v) is 2.14. The molecule has 2 aromatic rings. The van der Waals surface area contributed by atoms with Crippen LogP contribution in [0.1, 0.15) is 5.69 Å². The van der Waals surface area contributed by atoms with Gasteiger partial charge in [0.25, 0.3) is 0 Å². The van der Waals surface area contributed by atoms with Crippen LogP contribution in [-0.4, -0.2) is 11.2 Å². The summed E-state index contributed by atoms with van der Waals surface area (Å²) in [5.41, 5.74) is 2.04. The summed E-state index contributed by atoms with van der Waals surface area (Å²) in [6.07, 6.45) is 2.07. The van der Waals surface area contributed by atoms with E-state index >= 15 is 0 Å². The number of hydrogen-bond donors (Lipinski definition) is 1. The normalized spacial score (nSPS) is 10.3. The Morgan fingerprint density at radius 2 is 2.06 bits per heavy atom. The molecule has 1 heterocycles. The first-order chi connectivity index (χ1) is 8.19. The first-order valence-electron chi connectivity index (χ1n) is 5.23. The van der Waals surface area contributed by atoms with Gasteiger partial charge in [-0.25, -0.2) is 4.98 Å². The third-order valence-electron chi connectivity index (χ3n) is 2.36. The van der Waals surface area contributed by atoms with Gasteiger partial charge in [-0.1, -0.05) is 6.07 Å². The predicted molar refractivity (Wildman–Crippen MR) is 78.2 cm³/mol. The van der Waals surface area contributed by atoms with Gasteiger partial charge in [0.1, 0.15) is 5.82 Å². The molecule has 2 nitrogen and oxygen atoms in total. The average Bonchev–Trinajstić information content (AvgIpc) is 2.34. The molecular formula is C13H13BrN2S. The quantitative estimate of drug-likeness (QED) is 0.838. The van der Waals surface area contributed by atoms with Gasteiger partial charge in [0.15, 0.2) is 0 Å². The van der Waals surface area contributed by atoms with Gasteiger partial charge in [-0.2, -0.15) is 0 Å². The number of pyridine rings is 1. The molecule has 0 saturated carbocycles. The molecule has 0 saturated heterocycles. The molecule has 0 aliphatic heterocycles. The van der Waals surface area contributed by atoms with Crippen LogP contribution >= 0.6 is 27.7 Å². The van der Waals surface area contributed by atoms with E-state index in [0.29, 0.717) is 0 Å². The van der Waals surface area contributed by atoms with Crippen LogP contribution in [0.2, 0.25) is 0 Å². The molecule has 0 aliphatic rings. The number of nitrogens with zero attached hydrogens (tertiary/aromatic N) is 1. The lowest BCUT2D eigenvalue weighted by atomic mass is 10.3. The fraction of sp³-hybridized carbons (Fsp3) is 0.154. The van der Waals surface area contributed by atoms with Crippen LogP contribution in [0.3, 0.4) is 0 Å². The van der Waals surface area contributed by atoms with Gasteiger partial charge in [0.05, 0.1) is 5.69 Å². The standard InChI is InChI=1S/C13H13BrN2S/c1-9-12(14)6-7-13(15-9)16-10-4-3-5-11(8-10)17-2/h3-8H,1-2H3,(H,15,16). The van der Waals surface area contributed by atoms with Crippen molar-refractivity contribution >= 4 is 39.2 Å². The van der Waals surface area contributed by atoms with E-state index < -0.39 is 0 Å². The van der Waals surface area contributed by atoms with Gasteiger partial charge < -0.3 is 5.32 Å². The average molecular weight is 309 g/mol. The van der Waals surface area contributed by atoms with Crippen LogP contribution < -0.4 is 5.32 Å². The van der Waals surface area contributed by atoms with Crippen molar-refractivity contribution in [1.82, 2.24) is 4.98 Å². The molecule has 1 N–H and O–H groups in total. The molecule has 0 atom stereocenters. The Hall–Kier alpha value is -1.00. The highest BCUT2D eigenvalue weighted by atomic mass is 79.9. The van der Waals surface area contributed by atoms with Gasteiger partial charge in [-0.3, -0.25) is 0 Å². The van der Waals surface area contributed by atoms with Crippen molar-refractivity contribution < 1.29 is 0 Å². The van der Waals surface area contributed by atoms with Crippen molar-refractivity contribution in [3.8, 4) is 0 Å². The number of rotatable bonds is 3. The van der Waals surface area contributed by atoms with Crippen molar-refractivity contribution in [2.45, 2.75) is 11.8 Å². The fourth-order valence-electron chi connectivity index (χ4n) is 1.46. The molecular weight excluding hydrogens is 296 g/mol. The lowest BCUT2D eigenvalue weighted by Crippen LogP contribution is -1.95. The number of benzene rings is 1. The van der Waals surface area contributed by atoms with Crippen LogP contribution in [0.5, 0.6) is 0 Å². The lowest BCUT2D eigenvalue weighted by Gasteiger charge is -2.08. The minimum absolute atomic E-state index is 0.865. The number of hydrogen-bond acceptors (Lipinski definition) is 3. The van der Waals surface area contributed by atoms with Gasteiger partial charge >= 0.3 is 0 Å². The monoisotopic (exact) mass is 308 g/mol. The summed E-state index contributed by atoms with van der Waals surface area (Å²) in [5, 5.41) is 3.30. The molecule has 88 valence electrons. The highest BCUT2D eigenvalue weighted by molar-refractivity contribution is 9.10. The molecule has 0 unspecified atom stereocenters. The number of aromatic nitrogens is 1. The van der Waals surface area contributed by atoms with Crippen molar-refractivity contribution in [2.75, 3.05) is 11.6 Å². The summed E-state index contributed by atoms with van der Waals surface area (Å²) in [7, 11) is 0. The summed E-state index contributed by atoms with van der Waals surface area (Å²) >= 11 is 5.18. The largest absolute Gasteiger partial charge is 0.340 e. The molecule has 17 heavy (non-hydrogen) atoms. The van der Waals surface area contributed by atoms with Crippen LogP contribution in [0.4, 0.5) is 11.5 Å². The molecule has 2 rings (SSSR count). The maximum absolute atomic E-state index is 4.46. The Balaban J connectivity index is 2.22. The number of nitrogens with one attached hydrogen (secondary N) is 1. The van der Waals surface area contributed by atoms with Crippen LogP contribution in [0.15, 0.2) is 45.8 Å². The molecule has 0 amide bonds. The minimum atomic E-state index is 0.865. The Kier molecular flexibility index (Phi) is 4.07. The summed E-state index contributed by atoms with van der Waals surface area (Å²) in [6.45, 7) is 1.98. The van der Waals surface area contributed by atoms with Gasteiger partial charge in [0, 0.05) is 15.1 Å². The van der Waals surface area contributed by atoms with E-state index in [4.69, 9.17) is 0 Å². The Morgan fingerprint density at radius 1 is 1.24 bits per heavy atom. The summed E-state index contributed by atoms with van der Waals surface area (Å²) in [6, 6.07) is 12.3. The maximum atomic E-state index is 4.46. The first-order valence-corrected chi connectivity index (χ1v) is 7.25. The maximum Gasteiger partial charge on any atom is 0.130 e. The smallest absolute Gasteiger partial charge is 0.130 e. The molecule has 1 aromatic heterocycles. The van der Waals surface area contributed by atoms with Crippen molar-refractivity contribution in [2.24, 2.45) is 0 Å². The van der Waals surface area contributed by atoms with E-state index in [1.54, 1.807) is 11.8 Å². The first kappa shape index (κ1) is 12.5. The Morgan fingerprint density at radius 3 is 2.76 bits per heavy atom. The minimum Gasteiger partial charge on any atom is -0.340 e. The molecule has 0 radical (unpaired) electrons. The highest BCUT2D eigenvalue weighted by Gasteiger charge is 2.00. The van der Waals surface area contributed by atoms with Gasteiger partial charge in [-0.05, 0) is 59.4 Å². The van der Waals surface area contributed by atoms with E-state index in [2.05, 4.69) is 44.6 Å². The zero-order valence-electron chi connectivity index (χ0n) is 9.70. The zero-order valence-corrected chi connectivity index (χ0v) is 12.1. The molecule has 0 aliphatic carbocycles. The van der Waals surface area contributed by atoms with Crippen molar-refractivity contribution in [3.05, 3.63) is 46.6 Å². The van der Waals surface area contributed by atoms with Gasteiger partial charge in [0.2, 0.25) is 0 Å². The second kappa shape index (κ2) is 5.56. The number of halogens is 1. The zero-order chi connectivity index (χ0) is 12.3. The van der Waals surface area contributed by atoms with Crippen molar-refractivity contribution in [1.29, 1.82) is 0 Å². The number of anilines is 2. The topological polar surface area (TPSA) is 24.9 Å². The molecule has 0 fully saturated rings. The third kappa shape index (κ3) is 3.23. The number of thioether (sulfide) groups is 1. The summed E-state index contributed by atoms with van der Waals surface area (Å²) in [4.78, 5) is 5.70. The van der Waals surface area contributed by atoms with E-state index in [0.717, 1.165) is 21.7 Å². The molecule has 0 bridgehead atoms. The Labute approximate surface area is 114 Å². The SMILES string of the molecule is CSc1cccc(Nc2ccc(Br)c(C)n2)c1. The molecule has 1 aromatic carbocycles. The van der Waals surface area contributed by atoms with E-state index in [1.165, 1.54) is 4.90 Å². The number of aryl methyl sites for hydroxylation is 1. The summed E-state index contributed by atoms with van der Waals surface area (Å²) < 4.78 is 1.03. The third-order valence-corrected chi connectivity index (χ3v) is 3.93. The van der Waals surface area contributed by atoms with Crippen LogP contribution in [-0.2, 0) is 0 Å². The molecule has 4 heteroatoms. The van der Waals surface area contributed by atoms with Crippen molar-refractivity contribution in [3.63, 3.8) is 0 Å². The van der Waals surface area contributed by atoms with Crippen LogP contribution in [0.25, 0.3) is 0 Å². The lowest BCUT2D eigenvalue weighted by molar-refractivity contribution is 1.18. The Bertz CT molecular complexity index is 529. The highest BCUT2D eigenvalue weighted by Crippen LogP contribution is 2.23. The molecule has 0 spiro atoms. The van der Waals surface area contributed by atoms with Crippen LogP contribution in [0, 0.1) is 6.92 Å². The predicted octanol–water partition coefficient (Wildman–Crippen LogP) is 4.62. The second-order valence-corrected chi connectivity index (χ2v) is 5.35. The van der Waals surface area contributed by atoms with E-state index in [9.17, 15) is 0 Å². The van der Waals surface area contributed by atoms with E-state index in [1.807, 2.05) is 31.2 Å². The van der Waals surface area contributed by atoms with E-state index in [-0.39, 0.29) is 0 Å².